The number of carbonyl (C=O) groups is 2. The molecule has 0 aromatic heterocycles. The predicted octanol–water partition coefficient (Wildman–Crippen LogP) is 4.32. The third kappa shape index (κ3) is 4.37. The zero-order valence-electron chi connectivity index (χ0n) is 13.7. The van der Waals surface area contributed by atoms with Crippen molar-refractivity contribution in [1.82, 2.24) is 5.32 Å². The minimum absolute atomic E-state index is 0.0226. The van der Waals surface area contributed by atoms with Gasteiger partial charge in [0, 0.05) is 17.2 Å². The maximum atomic E-state index is 13.2. The van der Waals surface area contributed by atoms with Gasteiger partial charge in [0.15, 0.2) is 0 Å². The summed E-state index contributed by atoms with van der Waals surface area (Å²) in [4.78, 5) is 24.0. The second kappa shape index (κ2) is 7.23. The van der Waals surface area contributed by atoms with Crippen molar-refractivity contribution in [3.05, 3.63) is 64.4 Å². The Labute approximate surface area is 150 Å². The van der Waals surface area contributed by atoms with E-state index in [2.05, 4.69) is 10.6 Å². The molecule has 0 bridgehead atoms. The molecule has 130 valence electrons. The molecule has 0 radical (unpaired) electrons. The van der Waals surface area contributed by atoms with Gasteiger partial charge in [-0.1, -0.05) is 17.7 Å². The normalized spacial score (nSPS) is 14.7. The molecule has 2 aromatic rings. The molecule has 6 heteroatoms. The molecule has 1 aliphatic carbocycles. The highest BCUT2D eigenvalue weighted by Gasteiger charge is 2.29. The topological polar surface area (TPSA) is 58.2 Å². The van der Waals surface area contributed by atoms with Gasteiger partial charge in [-0.2, -0.15) is 0 Å². The number of benzene rings is 2. The lowest BCUT2D eigenvalue weighted by Crippen LogP contribution is -2.26. The first-order chi connectivity index (χ1) is 11.9. The van der Waals surface area contributed by atoms with Crippen LogP contribution >= 0.6 is 11.6 Å². The summed E-state index contributed by atoms with van der Waals surface area (Å²) >= 11 is 5.77. The van der Waals surface area contributed by atoms with Crippen molar-refractivity contribution in [2.45, 2.75) is 25.8 Å². The number of amides is 2. The van der Waals surface area contributed by atoms with Crippen LogP contribution in [0.3, 0.4) is 0 Å². The SMILES string of the molecule is CC(NC(=O)c1ccc(NC(=O)C2CC2)cc1)c1ccc(F)c(Cl)c1. The number of hydrogen-bond donors (Lipinski definition) is 2. The van der Waals surface area contributed by atoms with Crippen LogP contribution in [0.5, 0.6) is 0 Å². The van der Waals surface area contributed by atoms with E-state index in [0.717, 1.165) is 12.8 Å². The number of hydrogen-bond acceptors (Lipinski definition) is 2. The van der Waals surface area contributed by atoms with Crippen LogP contribution < -0.4 is 10.6 Å². The number of nitrogens with one attached hydrogen (secondary N) is 2. The van der Waals surface area contributed by atoms with Crippen molar-refractivity contribution < 1.29 is 14.0 Å². The standard InChI is InChI=1S/C19H18ClFN2O2/c1-11(14-6-9-17(21)16(20)10-14)22-18(24)13-4-7-15(8-5-13)23-19(25)12-2-3-12/h4-12H,2-3H2,1H3,(H,22,24)(H,23,25). The molecule has 4 nitrogen and oxygen atoms in total. The van der Waals surface area contributed by atoms with E-state index in [1.165, 1.54) is 12.1 Å². The highest BCUT2D eigenvalue weighted by atomic mass is 35.5. The van der Waals surface area contributed by atoms with Crippen LogP contribution in [0.1, 0.15) is 41.7 Å². The Bertz CT molecular complexity index is 804. The van der Waals surface area contributed by atoms with E-state index in [1.54, 1.807) is 37.3 Å². The second-order valence-electron chi connectivity index (χ2n) is 6.21. The quantitative estimate of drug-likeness (QED) is 0.834. The average molecular weight is 361 g/mol. The Hall–Kier alpha value is -2.40. The average Bonchev–Trinajstić information content (AvgIpc) is 3.43. The molecule has 1 atom stereocenters. The molecule has 2 amide bonds. The van der Waals surface area contributed by atoms with E-state index in [4.69, 9.17) is 11.6 Å². The van der Waals surface area contributed by atoms with Crippen LogP contribution in [0.4, 0.5) is 10.1 Å². The first-order valence-corrected chi connectivity index (χ1v) is 8.48. The molecule has 1 aliphatic rings. The van der Waals surface area contributed by atoms with Crippen molar-refractivity contribution in [3.63, 3.8) is 0 Å². The van der Waals surface area contributed by atoms with E-state index < -0.39 is 5.82 Å². The van der Waals surface area contributed by atoms with Gasteiger partial charge in [0.2, 0.25) is 5.91 Å². The van der Waals surface area contributed by atoms with E-state index >= 15 is 0 Å². The molecule has 1 saturated carbocycles. The first-order valence-electron chi connectivity index (χ1n) is 8.11. The van der Waals surface area contributed by atoms with Gasteiger partial charge in [-0.05, 0) is 61.7 Å². The summed E-state index contributed by atoms with van der Waals surface area (Å²) in [7, 11) is 0. The highest BCUT2D eigenvalue weighted by Crippen LogP contribution is 2.30. The lowest BCUT2D eigenvalue weighted by molar-refractivity contribution is -0.117. The fourth-order valence-corrected chi connectivity index (χ4v) is 2.63. The number of carbonyl (C=O) groups excluding carboxylic acids is 2. The molecule has 0 aliphatic heterocycles. The van der Waals surface area contributed by atoms with Gasteiger partial charge in [-0.3, -0.25) is 9.59 Å². The Balaban J connectivity index is 1.61. The lowest BCUT2D eigenvalue weighted by Gasteiger charge is -2.15. The van der Waals surface area contributed by atoms with Gasteiger partial charge < -0.3 is 10.6 Å². The molecule has 2 N–H and O–H groups in total. The summed E-state index contributed by atoms with van der Waals surface area (Å²) in [6.07, 6.45) is 1.88. The maximum Gasteiger partial charge on any atom is 0.251 e. The molecule has 0 heterocycles. The van der Waals surface area contributed by atoms with Crippen LogP contribution in [0, 0.1) is 11.7 Å². The van der Waals surface area contributed by atoms with Crippen LogP contribution in [0.15, 0.2) is 42.5 Å². The highest BCUT2D eigenvalue weighted by molar-refractivity contribution is 6.30. The summed E-state index contributed by atoms with van der Waals surface area (Å²) in [6.45, 7) is 1.80. The molecule has 1 fully saturated rings. The van der Waals surface area contributed by atoms with Crippen molar-refractivity contribution in [2.75, 3.05) is 5.32 Å². The predicted molar refractivity (Wildman–Crippen MR) is 95.1 cm³/mol. The summed E-state index contributed by atoms with van der Waals surface area (Å²) in [6, 6.07) is 10.8. The Kier molecular flexibility index (Phi) is 5.04. The summed E-state index contributed by atoms with van der Waals surface area (Å²) < 4.78 is 13.2. The minimum atomic E-state index is -0.493. The first kappa shape index (κ1) is 17.4. The fraction of sp³-hybridized carbons (Fsp3) is 0.263. The third-order valence-electron chi connectivity index (χ3n) is 4.15. The monoisotopic (exact) mass is 360 g/mol. The van der Waals surface area contributed by atoms with Crippen LogP contribution in [-0.2, 0) is 4.79 Å². The van der Waals surface area contributed by atoms with E-state index in [1.807, 2.05) is 0 Å². The molecular formula is C19H18ClFN2O2. The van der Waals surface area contributed by atoms with E-state index in [-0.39, 0.29) is 28.8 Å². The molecule has 0 spiro atoms. The number of halogens is 2. The largest absolute Gasteiger partial charge is 0.346 e. The summed E-state index contributed by atoms with van der Waals surface area (Å²) in [5, 5.41) is 5.69. The van der Waals surface area contributed by atoms with Gasteiger partial charge in [-0.15, -0.1) is 0 Å². The second-order valence-corrected chi connectivity index (χ2v) is 6.62. The summed E-state index contributed by atoms with van der Waals surface area (Å²) in [5.41, 5.74) is 1.87. The van der Waals surface area contributed by atoms with E-state index in [9.17, 15) is 14.0 Å². The van der Waals surface area contributed by atoms with Crippen LogP contribution in [-0.4, -0.2) is 11.8 Å². The van der Waals surface area contributed by atoms with Gasteiger partial charge in [0.1, 0.15) is 5.82 Å². The van der Waals surface area contributed by atoms with Crippen molar-refractivity contribution in [1.29, 1.82) is 0 Å². The van der Waals surface area contributed by atoms with Crippen molar-refractivity contribution in [2.24, 2.45) is 5.92 Å². The zero-order chi connectivity index (χ0) is 18.0. The van der Waals surface area contributed by atoms with Gasteiger partial charge >= 0.3 is 0 Å². The van der Waals surface area contributed by atoms with Gasteiger partial charge in [0.05, 0.1) is 11.1 Å². The molecule has 3 rings (SSSR count). The van der Waals surface area contributed by atoms with Gasteiger partial charge in [-0.25, -0.2) is 4.39 Å². The molecule has 1 unspecified atom stereocenters. The lowest BCUT2D eigenvalue weighted by atomic mass is 10.1. The van der Waals surface area contributed by atoms with Crippen LogP contribution in [0.2, 0.25) is 5.02 Å². The molecule has 25 heavy (non-hydrogen) atoms. The van der Waals surface area contributed by atoms with E-state index in [0.29, 0.717) is 16.8 Å². The van der Waals surface area contributed by atoms with Crippen molar-refractivity contribution in [3.8, 4) is 0 Å². The smallest absolute Gasteiger partial charge is 0.251 e. The van der Waals surface area contributed by atoms with Gasteiger partial charge in [0.25, 0.3) is 5.91 Å². The number of anilines is 1. The number of rotatable bonds is 5. The molecule has 2 aromatic carbocycles. The Morgan fingerprint density at radius 1 is 1.16 bits per heavy atom. The molecular weight excluding hydrogens is 343 g/mol. The minimum Gasteiger partial charge on any atom is -0.346 e. The summed E-state index contributed by atoms with van der Waals surface area (Å²) in [5.74, 6) is -0.592. The zero-order valence-corrected chi connectivity index (χ0v) is 14.4. The van der Waals surface area contributed by atoms with Crippen LogP contribution in [0.25, 0.3) is 0 Å². The third-order valence-corrected chi connectivity index (χ3v) is 4.44. The molecule has 0 saturated heterocycles. The fourth-order valence-electron chi connectivity index (χ4n) is 2.44. The van der Waals surface area contributed by atoms with Crippen molar-refractivity contribution >= 4 is 29.1 Å². The maximum absolute atomic E-state index is 13.2. The Morgan fingerprint density at radius 2 is 1.84 bits per heavy atom. The Morgan fingerprint density at radius 3 is 2.44 bits per heavy atom.